The molecule has 1 saturated heterocycles. The molecule has 0 saturated carbocycles. The van der Waals surface area contributed by atoms with E-state index in [-0.39, 0.29) is 23.8 Å². The van der Waals surface area contributed by atoms with Crippen molar-refractivity contribution in [3.63, 3.8) is 0 Å². The minimum atomic E-state index is -0.153. The molecule has 1 aliphatic carbocycles. The molecule has 1 N–H and O–H groups in total. The number of hydrogen-bond acceptors (Lipinski definition) is 2. The summed E-state index contributed by atoms with van der Waals surface area (Å²) in [6.07, 6.45) is 3.51. The van der Waals surface area contributed by atoms with E-state index in [1.165, 1.54) is 11.1 Å². The molecule has 1 aliphatic heterocycles. The van der Waals surface area contributed by atoms with Crippen molar-refractivity contribution >= 4 is 23.4 Å². The Hall–Kier alpha value is -2.33. The Bertz CT molecular complexity index is 894. The second kappa shape index (κ2) is 7.96. The summed E-state index contributed by atoms with van der Waals surface area (Å²) in [4.78, 5) is 27.5. The molecule has 2 amide bonds. The van der Waals surface area contributed by atoms with E-state index in [2.05, 4.69) is 5.32 Å². The van der Waals surface area contributed by atoms with Crippen molar-refractivity contribution in [3.05, 3.63) is 69.7 Å². The van der Waals surface area contributed by atoms with Crippen LogP contribution in [0.3, 0.4) is 0 Å². The Morgan fingerprint density at radius 2 is 1.89 bits per heavy atom. The molecule has 0 radical (unpaired) electrons. The molecule has 2 aromatic rings. The van der Waals surface area contributed by atoms with Gasteiger partial charge < -0.3 is 10.2 Å². The number of benzene rings is 2. The van der Waals surface area contributed by atoms with Crippen LogP contribution in [0.15, 0.2) is 42.5 Å². The number of halogens is 1. The zero-order chi connectivity index (χ0) is 19.7. The average molecular weight is 397 g/mol. The maximum Gasteiger partial charge on any atom is 0.253 e. The van der Waals surface area contributed by atoms with Crippen LogP contribution in [0.1, 0.15) is 52.4 Å². The number of rotatable bonds is 3. The molecule has 0 aromatic heterocycles. The summed E-state index contributed by atoms with van der Waals surface area (Å²) in [7, 11) is 0. The fraction of sp³-hybridized carbons (Fsp3) is 0.391. The topological polar surface area (TPSA) is 49.4 Å². The number of nitrogens with zero attached hydrogens (tertiary/aromatic N) is 1. The summed E-state index contributed by atoms with van der Waals surface area (Å²) in [5.41, 5.74) is 4.21. The zero-order valence-electron chi connectivity index (χ0n) is 16.1. The molecule has 5 heteroatoms. The van der Waals surface area contributed by atoms with Crippen LogP contribution < -0.4 is 5.32 Å². The van der Waals surface area contributed by atoms with Crippen LogP contribution in [-0.2, 0) is 11.2 Å². The first-order chi connectivity index (χ1) is 13.5. The summed E-state index contributed by atoms with van der Waals surface area (Å²) < 4.78 is 0. The highest BCUT2D eigenvalue weighted by atomic mass is 35.5. The molecule has 146 valence electrons. The van der Waals surface area contributed by atoms with Crippen molar-refractivity contribution in [2.24, 2.45) is 5.92 Å². The molecule has 0 bridgehead atoms. The lowest BCUT2D eigenvalue weighted by Crippen LogP contribution is -2.46. The molecular weight excluding hydrogens is 372 g/mol. The first kappa shape index (κ1) is 19.0. The Morgan fingerprint density at radius 3 is 2.68 bits per heavy atom. The van der Waals surface area contributed by atoms with Gasteiger partial charge in [0.1, 0.15) is 0 Å². The van der Waals surface area contributed by atoms with E-state index in [1.807, 2.05) is 54.3 Å². The number of amides is 2. The van der Waals surface area contributed by atoms with Crippen LogP contribution in [0.4, 0.5) is 0 Å². The van der Waals surface area contributed by atoms with Crippen molar-refractivity contribution in [1.29, 1.82) is 0 Å². The summed E-state index contributed by atoms with van der Waals surface area (Å²) in [5.74, 6) is -0.0907. The van der Waals surface area contributed by atoms with Gasteiger partial charge in [-0.3, -0.25) is 9.59 Å². The molecular formula is C23H25ClN2O2. The Kier molecular flexibility index (Phi) is 5.40. The Morgan fingerprint density at radius 1 is 1.11 bits per heavy atom. The van der Waals surface area contributed by atoms with Crippen LogP contribution in [0, 0.1) is 12.8 Å². The van der Waals surface area contributed by atoms with Crippen LogP contribution in [-0.4, -0.2) is 29.8 Å². The molecule has 4 rings (SSSR count). The van der Waals surface area contributed by atoms with E-state index in [4.69, 9.17) is 11.6 Å². The summed E-state index contributed by atoms with van der Waals surface area (Å²) in [6.45, 7) is 3.20. The lowest BCUT2D eigenvalue weighted by Gasteiger charge is -2.32. The molecule has 28 heavy (non-hydrogen) atoms. The van der Waals surface area contributed by atoms with Gasteiger partial charge in [-0.2, -0.15) is 0 Å². The van der Waals surface area contributed by atoms with E-state index in [1.54, 1.807) is 0 Å². The number of nitrogens with one attached hydrogen (secondary N) is 1. The normalized spacial score (nSPS) is 21.3. The Labute approximate surface area is 170 Å². The summed E-state index contributed by atoms with van der Waals surface area (Å²) >= 11 is 6.08. The summed E-state index contributed by atoms with van der Waals surface area (Å²) in [6, 6.07) is 13.6. The van der Waals surface area contributed by atoms with Gasteiger partial charge in [0.25, 0.3) is 5.91 Å². The van der Waals surface area contributed by atoms with Gasteiger partial charge in [0.2, 0.25) is 5.91 Å². The second-order valence-electron chi connectivity index (χ2n) is 7.90. The van der Waals surface area contributed by atoms with E-state index in [0.717, 1.165) is 36.3 Å². The largest absolute Gasteiger partial charge is 0.349 e. The molecule has 2 atom stereocenters. The minimum absolute atomic E-state index is 0.0124. The van der Waals surface area contributed by atoms with Gasteiger partial charge in [-0.05, 0) is 68.0 Å². The lowest BCUT2D eigenvalue weighted by atomic mass is 9.95. The van der Waals surface area contributed by atoms with Gasteiger partial charge in [-0.15, -0.1) is 0 Å². The van der Waals surface area contributed by atoms with Crippen LogP contribution in [0.2, 0.25) is 5.02 Å². The van der Waals surface area contributed by atoms with Gasteiger partial charge >= 0.3 is 0 Å². The van der Waals surface area contributed by atoms with Gasteiger partial charge in [0.15, 0.2) is 0 Å². The summed E-state index contributed by atoms with van der Waals surface area (Å²) in [5, 5.41) is 3.95. The van der Waals surface area contributed by atoms with Crippen LogP contribution >= 0.6 is 11.6 Å². The number of piperidine rings is 1. The third-order valence-electron chi connectivity index (χ3n) is 5.88. The fourth-order valence-corrected chi connectivity index (χ4v) is 4.47. The van der Waals surface area contributed by atoms with Crippen molar-refractivity contribution in [1.82, 2.24) is 10.2 Å². The molecule has 2 aliphatic rings. The lowest BCUT2D eigenvalue weighted by molar-refractivity contribution is -0.127. The third-order valence-corrected chi connectivity index (χ3v) is 6.11. The number of carbonyl (C=O) groups excluding carboxylic acids is 2. The number of likely N-dealkylation sites (tertiary alicyclic amines) is 1. The zero-order valence-corrected chi connectivity index (χ0v) is 16.8. The monoisotopic (exact) mass is 396 g/mol. The highest BCUT2D eigenvalue weighted by molar-refractivity contribution is 6.30. The van der Waals surface area contributed by atoms with Crippen LogP contribution in [0.25, 0.3) is 0 Å². The van der Waals surface area contributed by atoms with Crippen LogP contribution in [0.5, 0.6) is 0 Å². The van der Waals surface area contributed by atoms with E-state index in [0.29, 0.717) is 18.7 Å². The highest BCUT2D eigenvalue weighted by Gasteiger charge is 2.31. The standard InChI is InChI=1S/C23H25ClN2O2/c1-15-4-6-16(7-5-15)23(28)26-12-2-3-18(14-26)22(27)25-21-11-8-17-13-19(24)9-10-20(17)21/h4-7,9-10,13,18,21H,2-3,8,11-12,14H2,1H3,(H,25,27). The number of carbonyl (C=O) groups is 2. The van der Waals surface area contributed by atoms with E-state index >= 15 is 0 Å². The number of aryl methyl sites for hydroxylation is 2. The first-order valence-electron chi connectivity index (χ1n) is 9.96. The highest BCUT2D eigenvalue weighted by Crippen LogP contribution is 2.33. The second-order valence-corrected chi connectivity index (χ2v) is 8.34. The van der Waals surface area contributed by atoms with Gasteiger partial charge in [-0.1, -0.05) is 35.4 Å². The molecule has 1 heterocycles. The van der Waals surface area contributed by atoms with Crippen molar-refractivity contribution in [3.8, 4) is 0 Å². The van der Waals surface area contributed by atoms with Crippen molar-refractivity contribution < 1.29 is 9.59 Å². The average Bonchev–Trinajstić information content (AvgIpc) is 3.09. The minimum Gasteiger partial charge on any atom is -0.349 e. The predicted octanol–water partition coefficient (Wildman–Crippen LogP) is 4.30. The molecule has 4 nitrogen and oxygen atoms in total. The third kappa shape index (κ3) is 3.93. The molecule has 2 aromatic carbocycles. The molecule has 1 fully saturated rings. The van der Waals surface area contributed by atoms with Gasteiger partial charge in [0, 0.05) is 23.7 Å². The number of hydrogen-bond donors (Lipinski definition) is 1. The molecule has 0 spiro atoms. The number of fused-ring (bicyclic) bond motifs is 1. The smallest absolute Gasteiger partial charge is 0.253 e. The van der Waals surface area contributed by atoms with Gasteiger partial charge in [-0.25, -0.2) is 0 Å². The maximum absolute atomic E-state index is 12.9. The fourth-order valence-electron chi connectivity index (χ4n) is 4.28. The quantitative estimate of drug-likeness (QED) is 0.840. The van der Waals surface area contributed by atoms with E-state index in [9.17, 15) is 9.59 Å². The SMILES string of the molecule is Cc1ccc(C(=O)N2CCCC(C(=O)NC3CCc4cc(Cl)ccc43)C2)cc1. The first-order valence-corrected chi connectivity index (χ1v) is 10.3. The molecule has 2 unspecified atom stereocenters. The Balaban J connectivity index is 1.40. The van der Waals surface area contributed by atoms with Crippen molar-refractivity contribution in [2.45, 2.75) is 38.6 Å². The van der Waals surface area contributed by atoms with E-state index < -0.39 is 0 Å². The van der Waals surface area contributed by atoms with Crippen molar-refractivity contribution in [2.75, 3.05) is 13.1 Å². The predicted molar refractivity (Wildman–Crippen MR) is 110 cm³/mol. The van der Waals surface area contributed by atoms with Gasteiger partial charge in [0.05, 0.1) is 12.0 Å². The maximum atomic E-state index is 12.9.